The first-order valence-corrected chi connectivity index (χ1v) is 11.0. The highest BCUT2D eigenvalue weighted by Gasteiger charge is 2.61. The van der Waals surface area contributed by atoms with Gasteiger partial charge in [0.05, 0.1) is 22.6 Å². The van der Waals surface area contributed by atoms with Gasteiger partial charge in [0.2, 0.25) is 6.29 Å². The second kappa shape index (κ2) is 8.47. The fraction of sp³-hybridized carbons (Fsp3) is 0.500. The Labute approximate surface area is 195 Å². The molecule has 0 bridgehead atoms. The molecule has 0 spiro atoms. The van der Waals surface area contributed by atoms with Crippen LogP contribution in [0.4, 0.5) is 0 Å². The lowest BCUT2D eigenvalue weighted by molar-refractivity contribution is -0.343. The molecule has 6 N–H and O–H groups in total. The van der Waals surface area contributed by atoms with Crippen LogP contribution in [0, 0.1) is 12.8 Å². The number of aliphatic hydroxyl groups excluding tert-OH is 3. The van der Waals surface area contributed by atoms with Gasteiger partial charge in [-0.05, 0) is 55.7 Å². The number of ether oxygens (including phenoxy) is 2. The molecule has 0 unspecified atom stereocenters. The van der Waals surface area contributed by atoms with Crippen molar-refractivity contribution in [2.75, 3.05) is 0 Å². The lowest BCUT2D eigenvalue weighted by Gasteiger charge is -2.54. The van der Waals surface area contributed by atoms with E-state index in [1.165, 1.54) is 19.1 Å². The van der Waals surface area contributed by atoms with Crippen LogP contribution in [0.15, 0.2) is 18.2 Å². The third-order valence-corrected chi connectivity index (χ3v) is 7.06. The molecule has 1 aliphatic carbocycles. The molecular weight excluding hydrogens is 448 g/mol. The van der Waals surface area contributed by atoms with E-state index in [9.17, 15) is 40.2 Å². The number of hydrogen-bond donors (Lipinski definition) is 6. The Balaban J connectivity index is 1.83. The first-order valence-electron chi connectivity index (χ1n) is 11.0. The SMILES string of the molecule is CC(=O)c1c(C)cc2cc(C(=O)O)cc(O[C@@H]3O[C@@H]4[C@@H](O)CC[C@H](C)[C@]4(O)[C@H](O)[C@H]3O)c2c1O. The fourth-order valence-electron chi connectivity index (χ4n) is 5.20. The van der Waals surface area contributed by atoms with Crippen molar-refractivity contribution in [1.82, 2.24) is 0 Å². The number of benzene rings is 2. The van der Waals surface area contributed by atoms with E-state index in [2.05, 4.69) is 0 Å². The molecule has 1 saturated heterocycles. The average Bonchev–Trinajstić information content (AvgIpc) is 2.75. The van der Waals surface area contributed by atoms with Gasteiger partial charge in [-0.15, -0.1) is 0 Å². The summed E-state index contributed by atoms with van der Waals surface area (Å²) in [5.74, 6) is -2.83. The monoisotopic (exact) mass is 476 g/mol. The van der Waals surface area contributed by atoms with E-state index in [1.807, 2.05) is 0 Å². The summed E-state index contributed by atoms with van der Waals surface area (Å²) in [6.07, 6.45) is -6.85. The summed E-state index contributed by atoms with van der Waals surface area (Å²) in [7, 11) is 0. The molecule has 7 atom stereocenters. The number of carbonyl (C=O) groups is 2. The number of hydrogen-bond acceptors (Lipinski definition) is 9. The second-order valence-corrected chi connectivity index (χ2v) is 9.26. The van der Waals surface area contributed by atoms with Crippen molar-refractivity contribution in [3.63, 3.8) is 0 Å². The van der Waals surface area contributed by atoms with E-state index in [0.717, 1.165) is 6.07 Å². The third kappa shape index (κ3) is 3.62. The summed E-state index contributed by atoms with van der Waals surface area (Å²) in [5.41, 5.74) is -1.66. The number of carbonyl (C=O) groups excluding carboxylic acids is 1. The number of ketones is 1. The van der Waals surface area contributed by atoms with E-state index in [1.54, 1.807) is 13.8 Å². The molecule has 1 aliphatic heterocycles. The number of aliphatic hydroxyl groups is 4. The van der Waals surface area contributed by atoms with E-state index in [0.29, 0.717) is 18.4 Å². The zero-order valence-corrected chi connectivity index (χ0v) is 18.9. The van der Waals surface area contributed by atoms with Crippen molar-refractivity contribution in [2.24, 2.45) is 5.92 Å². The minimum Gasteiger partial charge on any atom is -0.506 e. The first kappa shape index (κ1) is 24.4. The van der Waals surface area contributed by atoms with Gasteiger partial charge in [-0.25, -0.2) is 4.79 Å². The molecule has 2 fully saturated rings. The van der Waals surface area contributed by atoms with E-state index in [-0.39, 0.29) is 27.6 Å². The highest BCUT2D eigenvalue weighted by molar-refractivity contribution is 6.08. The standard InChI is InChI=1S/C24H28O10/c1-9-6-12-7-13(22(30)31)8-15(17(12)18(27)16(9)11(3)25)33-23-19(28)20(29)24(32)10(2)4-5-14(26)21(24)34-23/h6-8,10,14,19-21,23,26-29,32H,4-5H2,1-3H3,(H,30,31)/t10-,14-,19+,20+,21+,23+,24-/m0/s1. The predicted octanol–water partition coefficient (Wildman–Crippen LogP) is 1.10. The highest BCUT2D eigenvalue weighted by Crippen LogP contribution is 2.45. The largest absolute Gasteiger partial charge is 0.506 e. The minimum atomic E-state index is -1.93. The van der Waals surface area contributed by atoms with Gasteiger partial charge in [-0.2, -0.15) is 0 Å². The maximum atomic E-state index is 12.1. The number of fused-ring (bicyclic) bond motifs is 2. The number of aromatic carboxylic acids is 1. The maximum Gasteiger partial charge on any atom is 0.335 e. The van der Waals surface area contributed by atoms with Crippen LogP contribution < -0.4 is 4.74 Å². The molecule has 2 aromatic carbocycles. The van der Waals surface area contributed by atoms with Gasteiger partial charge >= 0.3 is 5.97 Å². The molecule has 0 radical (unpaired) electrons. The lowest BCUT2D eigenvalue weighted by atomic mass is 9.67. The zero-order chi connectivity index (χ0) is 25.1. The Morgan fingerprint density at radius 2 is 1.82 bits per heavy atom. The van der Waals surface area contributed by atoms with Gasteiger partial charge in [-0.3, -0.25) is 4.79 Å². The number of carboxylic acids is 1. The third-order valence-electron chi connectivity index (χ3n) is 7.06. The van der Waals surface area contributed by atoms with Gasteiger partial charge in [0.15, 0.2) is 5.78 Å². The lowest BCUT2D eigenvalue weighted by Crippen LogP contribution is -2.73. The number of aromatic hydroxyl groups is 1. The second-order valence-electron chi connectivity index (χ2n) is 9.26. The van der Waals surface area contributed by atoms with Crippen molar-refractivity contribution >= 4 is 22.5 Å². The number of phenolic OH excluding ortho intramolecular Hbond substituents is 1. The predicted molar refractivity (Wildman–Crippen MR) is 118 cm³/mol. The van der Waals surface area contributed by atoms with Crippen LogP contribution in [0.3, 0.4) is 0 Å². The highest BCUT2D eigenvalue weighted by atomic mass is 16.7. The van der Waals surface area contributed by atoms with E-state index >= 15 is 0 Å². The Hall–Kier alpha value is -2.76. The zero-order valence-electron chi connectivity index (χ0n) is 18.9. The first-order chi connectivity index (χ1) is 15.9. The molecule has 2 aliphatic rings. The van der Waals surface area contributed by atoms with Gasteiger partial charge in [-0.1, -0.05) is 13.0 Å². The molecule has 184 valence electrons. The Morgan fingerprint density at radius 3 is 2.44 bits per heavy atom. The van der Waals surface area contributed by atoms with Crippen LogP contribution in [0.25, 0.3) is 10.8 Å². The molecule has 10 heteroatoms. The Bertz CT molecular complexity index is 1160. The number of rotatable bonds is 4. The van der Waals surface area contributed by atoms with E-state index < -0.39 is 59.7 Å². The Kier molecular flexibility index (Phi) is 6.07. The van der Waals surface area contributed by atoms with E-state index in [4.69, 9.17) is 9.47 Å². The average molecular weight is 476 g/mol. The summed E-state index contributed by atoms with van der Waals surface area (Å²) in [6.45, 7) is 4.55. The quantitative estimate of drug-likeness (QED) is 0.351. The molecule has 10 nitrogen and oxygen atoms in total. The van der Waals surface area contributed by atoms with Crippen molar-refractivity contribution in [1.29, 1.82) is 0 Å². The van der Waals surface area contributed by atoms with Gasteiger partial charge in [0, 0.05) is 0 Å². The summed E-state index contributed by atoms with van der Waals surface area (Å²) in [6, 6.07) is 3.94. The summed E-state index contributed by atoms with van der Waals surface area (Å²) >= 11 is 0. The number of aryl methyl sites for hydroxylation is 1. The molecule has 1 saturated carbocycles. The molecule has 1 heterocycles. The van der Waals surface area contributed by atoms with Crippen molar-refractivity contribution in [2.45, 2.75) is 69.9 Å². The van der Waals surface area contributed by atoms with Crippen molar-refractivity contribution in [3.8, 4) is 11.5 Å². The molecular formula is C24H28O10. The molecule has 34 heavy (non-hydrogen) atoms. The molecule has 0 amide bonds. The van der Waals surface area contributed by atoms with Gasteiger partial charge in [0.1, 0.15) is 35.4 Å². The number of carboxylic acid groups (broad SMARTS) is 1. The normalized spacial score (nSPS) is 33.4. The summed E-state index contributed by atoms with van der Waals surface area (Å²) < 4.78 is 11.5. The van der Waals surface area contributed by atoms with Crippen LogP contribution in [-0.4, -0.2) is 78.7 Å². The fourth-order valence-corrected chi connectivity index (χ4v) is 5.20. The maximum absolute atomic E-state index is 12.1. The topological polar surface area (TPSA) is 174 Å². The smallest absolute Gasteiger partial charge is 0.335 e. The number of phenols is 1. The molecule has 2 aromatic rings. The van der Waals surface area contributed by atoms with Crippen LogP contribution in [0.1, 0.15) is 53.0 Å². The number of Topliss-reactive ketones (excluding diaryl/α,β-unsaturated/α-hetero) is 1. The Morgan fingerprint density at radius 1 is 1.15 bits per heavy atom. The molecule has 0 aromatic heterocycles. The van der Waals surface area contributed by atoms with Gasteiger partial charge < -0.3 is 40.1 Å². The summed E-state index contributed by atoms with van der Waals surface area (Å²) in [5, 5.41) is 63.8. The van der Waals surface area contributed by atoms with Crippen LogP contribution in [-0.2, 0) is 4.74 Å². The van der Waals surface area contributed by atoms with Crippen LogP contribution in [0.2, 0.25) is 0 Å². The van der Waals surface area contributed by atoms with Crippen molar-refractivity contribution in [3.05, 3.63) is 34.9 Å². The van der Waals surface area contributed by atoms with Crippen LogP contribution >= 0.6 is 0 Å². The van der Waals surface area contributed by atoms with Crippen LogP contribution in [0.5, 0.6) is 11.5 Å². The summed E-state index contributed by atoms with van der Waals surface area (Å²) in [4.78, 5) is 23.8. The van der Waals surface area contributed by atoms with Gasteiger partial charge in [0.25, 0.3) is 0 Å². The van der Waals surface area contributed by atoms with Crippen molar-refractivity contribution < 1.29 is 49.7 Å². The molecule has 4 rings (SSSR count). The minimum absolute atomic E-state index is 0.0180.